The Morgan fingerprint density at radius 2 is 2.27 bits per heavy atom. The van der Waals surface area contributed by atoms with Crippen LogP contribution in [0.2, 0.25) is 5.02 Å². The Morgan fingerprint density at radius 3 is 2.80 bits per heavy atom. The van der Waals surface area contributed by atoms with E-state index in [-0.39, 0.29) is 16.1 Å². The lowest BCUT2D eigenvalue weighted by molar-refractivity contribution is -0.131. The van der Waals surface area contributed by atoms with Crippen molar-refractivity contribution in [1.29, 1.82) is 5.26 Å². The van der Waals surface area contributed by atoms with E-state index in [0.29, 0.717) is 0 Å². The number of nitriles is 1. The molecular weight excluding hydrogens is 221 g/mol. The average Bonchev–Trinajstić information content (AvgIpc) is 2.18. The molecule has 0 radical (unpaired) electrons. The first-order chi connectivity index (χ1) is 7.04. The van der Waals surface area contributed by atoms with Crippen molar-refractivity contribution in [3.63, 3.8) is 0 Å². The molecule has 15 heavy (non-hydrogen) atoms. The highest BCUT2D eigenvalue weighted by atomic mass is 35.5. The fourth-order valence-electron chi connectivity index (χ4n) is 0.937. The van der Waals surface area contributed by atoms with E-state index < -0.39 is 11.8 Å². The van der Waals surface area contributed by atoms with Crippen molar-refractivity contribution < 1.29 is 14.3 Å². The second-order valence-electron chi connectivity index (χ2n) is 2.64. The summed E-state index contributed by atoms with van der Waals surface area (Å²) in [6.45, 7) is 0. The predicted molar refractivity (Wildman–Crippen MR) is 52.8 cm³/mol. The number of rotatable bonds is 2. The zero-order chi connectivity index (χ0) is 11.4. The Balaban J connectivity index is 3.18. The van der Waals surface area contributed by atoms with Crippen molar-refractivity contribution in [1.82, 2.24) is 0 Å². The van der Waals surface area contributed by atoms with Crippen LogP contribution in [0.15, 0.2) is 18.2 Å². The number of aliphatic carboxylic acids is 1. The third-order valence-corrected chi connectivity index (χ3v) is 1.92. The zero-order valence-electron chi connectivity index (χ0n) is 7.37. The molecule has 0 heterocycles. The molecular formula is C10H5ClFNO2. The summed E-state index contributed by atoms with van der Waals surface area (Å²) in [6, 6.07) is 3.88. The molecule has 0 saturated heterocycles. The van der Waals surface area contributed by atoms with Gasteiger partial charge in [-0.2, -0.15) is 5.26 Å². The molecule has 0 aliphatic rings. The lowest BCUT2D eigenvalue weighted by Gasteiger charge is -1.99. The normalized spacial score (nSPS) is 10.2. The molecule has 0 amide bonds. The maximum atomic E-state index is 13.2. The van der Waals surface area contributed by atoms with Crippen LogP contribution in [0.3, 0.4) is 0 Å². The van der Waals surface area contributed by atoms with Crippen LogP contribution in [0.5, 0.6) is 0 Å². The van der Waals surface area contributed by atoms with E-state index in [2.05, 4.69) is 0 Å². The molecule has 1 rings (SSSR count). The van der Waals surface area contributed by atoms with E-state index in [1.54, 1.807) is 6.07 Å². The molecule has 0 aliphatic carbocycles. The number of carbonyl (C=O) groups is 1. The Bertz CT molecular complexity index is 477. The van der Waals surface area contributed by atoms with Crippen LogP contribution < -0.4 is 0 Å². The highest BCUT2D eigenvalue weighted by Gasteiger charge is 2.06. The Hall–Kier alpha value is -1.86. The molecule has 0 atom stereocenters. The minimum Gasteiger partial charge on any atom is -0.478 e. The Kier molecular flexibility index (Phi) is 3.42. The van der Waals surface area contributed by atoms with Gasteiger partial charge in [-0.05, 0) is 18.2 Å². The first-order valence-corrected chi connectivity index (χ1v) is 4.22. The van der Waals surface area contributed by atoms with Crippen LogP contribution in [-0.2, 0) is 4.79 Å². The van der Waals surface area contributed by atoms with Crippen LogP contribution in [0, 0.1) is 17.1 Å². The highest BCUT2D eigenvalue weighted by molar-refractivity contribution is 6.31. The molecule has 1 aromatic rings. The molecule has 5 heteroatoms. The quantitative estimate of drug-likeness (QED) is 0.787. The minimum absolute atomic E-state index is 0.0154. The van der Waals surface area contributed by atoms with Crippen molar-refractivity contribution in [2.75, 3.05) is 0 Å². The number of hydrogen-bond donors (Lipinski definition) is 1. The van der Waals surface area contributed by atoms with Crippen LogP contribution >= 0.6 is 11.6 Å². The zero-order valence-corrected chi connectivity index (χ0v) is 8.12. The van der Waals surface area contributed by atoms with Gasteiger partial charge in [-0.15, -0.1) is 0 Å². The van der Waals surface area contributed by atoms with E-state index in [1.165, 1.54) is 6.07 Å². The number of hydrogen-bond acceptors (Lipinski definition) is 2. The summed E-state index contributed by atoms with van der Waals surface area (Å²) < 4.78 is 13.2. The van der Waals surface area contributed by atoms with Gasteiger partial charge in [-0.25, -0.2) is 9.18 Å². The Morgan fingerprint density at radius 1 is 1.60 bits per heavy atom. The van der Waals surface area contributed by atoms with Crippen molar-refractivity contribution in [3.8, 4) is 6.07 Å². The number of benzene rings is 1. The summed E-state index contributed by atoms with van der Waals surface area (Å²) in [5, 5.41) is 17.0. The summed E-state index contributed by atoms with van der Waals surface area (Å²) in [7, 11) is 0. The predicted octanol–water partition coefficient (Wildman–Crippen LogP) is 2.45. The monoisotopic (exact) mass is 225 g/mol. The highest BCUT2D eigenvalue weighted by Crippen LogP contribution is 2.21. The molecule has 0 aliphatic heterocycles. The van der Waals surface area contributed by atoms with Gasteiger partial charge in [0.2, 0.25) is 0 Å². The summed E-state index contributed by atoms with van der Waals surface area (Å²) in [5.74, 6) is -1.87. The minimum atomic E-state index is -1.19. The van der Waals surface area contributed by atoms with Crippen molar-refractivity contribution in [2.24, 2.45) is 0 Å². The topological polar surface area (TPSA) is 61.1 Å². The number of carboxylic acids is 1. The molecule has 0 unspecified atom stereocenters. The van der Waals surface area contributed by atoms with Gasteiger partial charge in [0, 0.05) is 11.6 Å². The molecule has 0 aromatic heterocycles. The van der Waals surface area contributed by atoms with Gasteiger partial charge in [0.25, 0.3) is 0 Å². The van der Waals surface area contributed by atoms with E-state index in [0.717, 1.165) is 18.2 Å². The second kappa shape index (κ2) is 4.58. The van der Waals surface area contributed by atoms with E-state index >= 15 is 0 Å². The summed E-state index contributed by atoms with van der Waals surface area (Å²) in [4.78, 5) is 10.2. The number of carboxylic acid groups (broad SMARTS) is 1. The third kappa shape index (κ3) is 2.79. The standard InChI is InChI=1S/C10H5ClFNO2/c11-8-3-6(1-2-10(14)15)9(12)4-7(8)5-13/h1-4H,(H,14,15)/b2-1+. The summed E-state index contributed by atoms with van der Waals surface area (Å²) >= 11 is 5.65. The van der Waals surface area contributed by atoms with Gasteiger partial charge in [0.1, 0.15) is 11.9 Å². The third-order valence-electron chi connectivity index (χ3n) is 1.61. The van der Waals surface area contributed by atoms with Gasteiger partial charge in [0.05, 0.1) is 10.6 Å². The number of halogens is 2. The fourth-order valence-corrected chi connectivity index (χ4v) is 1.15. The molecule has 0 saturated carbocycles. The average molecular weight is 226 g/mol. The van der Waals surface area contributed by atoms with Gasteiger partial charge in [-0.1, -0.05) is 11.6 Å². The van der Waals surface area contributed by atoms with Crippen molar-refractivity contribution in [3.05, 3.63) is 40.2 Å². The first-order valence-electron chi connectivity index (χ1n) is 3.84. The second-order valence-corrected chi connectivity index (χ2v) is 3.04. The maximum absolute atomic E-state index is 13.2. The van der Waals surface area contributed by atoms with E-state index in [9.17, 15) is 9.18 Å². The van der Waals surface area contributed by atoms with Crippen LogP contribution in [-0.4, -0.2) is 11.1 Å². The SMILES string of the molecule is N#Cc1cc(F)c(/C=C/C(=O)O)cc1Cl. The van der Waals surface area contributed by atoms with Crippen molar-refractivity contribution >= 4 is 23.6 Å². The lowest BCUT2D eigenvalue weighted by Crippen LogP contribution is -1.89. The Labute approximate surface area is 90.0 Å². The van der Waals surface area contributed by atoms with Crippen molar-refractivity contribution in [2.45, 2.75) is 0 Å². The molecule has 0 spiro atoms. The van der Waals surface area contributed by atoms with Crippen LogP contribution in [0.1, 0.15) is 11.1 Å². The lowest BCUT2D eigenvalue weighted by atomic mass is 10.1. The van der Waals surface area contributed by atoms with Gasteiger partial charge in [-0.3, -0.25) is 0 Å². The van der Waals surface area contributed by atoms with E-state index in [1.807, 2.05) is 0 Å². The number of nitrogens with zero attached hydrogens (tertiary/aromatic N) is 1. The fraction of sp³-hybridized carbons (Fsp3) is 0. The molecule has 3 nitrogen and oxygen atoms in total. The van der Waals surface area contributed by atoms with Gasteiger partial charge in [0.15, 0.2) is 0 Å². The summed E-state index contributed by atoms with van der Waals surface area (Å²) in [5.41, 5.74) is 0.0445. The summed E-state index contributed by atoms with van der Waals surface area (Å²) in [6.07, 6.45) is 1.87. The molecule has 1 N–H and O–H groups in total. The molecule has 0 fully saturated rings. The first kappa shape index (κ1) is 11.2. The van der Waals surface area contributed by atoms with Gasteiger partial charge < -0.3 is 5.11 Å². The van der Waals surface area contributed by atoms with E-state index in [4.69, 9.17) is 22.0 Å². The largest absolute Gasteiger partial charge is 0.478 e. The smallest absolute Gasteiger partial charge is 0.328 e. The van der Waals surface area contributed by atoms with Crippen LogP contribution in [0.4, 0.5) is 4.39 Å². The van der Waals surface area contributed by atoms with Gasteiger partial charge >= 0.3 is 5.97 Å². The molecule has 76 valence electrons. The van der Waals surface area contributed by atoms with Crippen LogP contribution in [0.25, 0.3) is 6.08 Å². The maximum Gasteiger partial charge on any atom is 0.328 e. The molecule has 1 aromatic carbocycles. The molecule has 0 bridgehead atoms.